The maximum Gasteiger partial charge on any atom is 0.193 e. The van der Waals surface area contributed by atoms with Crippen LogP contribution in [0.5, 0.6) is 0 Å². The minimum absolute atomic E-state index is 0. The summed E-state index contributed by atoms with van der Waals surface area (Å²) in [6.45, 7) is 7.95. The molecule has 6 nitrogen and oxygen atoms in total. The van der Waals surface area contributed by atoms with Crippen LogP contribution in [0.3, 0.4) is 0 Å². The van der Waals surface area contributed by atoms with E-state index >= 15 is 0 Å². The number of methoxy groups -OCH3 is 1. The zero-order chi connectivity index (χ0) is 17.2. The van der Waals surface area contributed by atoms with Crippen molar-refractivity contribution in [1.82, 2.24) is 15.1 Å². The Balaban J connectivity index is 0.00000312. The summed E-state index contributed by atoms with van der Waals surface area (Å²) in [5, 5.41) is 7.02. The molecule has 25 heavy (non-hydrogen) atoms. The van der Waals surface area contributed by atoms with E-state index in [0.717, 1.165) is 64.8 Å². The van der Waals surface area contributed by atoms with Crippen molar-refractivity contribution in [2.24, 2.45) is 4.99 Å². The molecule has 2 heterocycles. The molecule has 1 fully saturated rings. The highest BCUT2D eigenvalue weighted by atomic mass is 127. The fraction of sp³-hybridized carbons (Fsp3) is 0.706. The Morgan fingerprint density at radius 3 is 2.68 bits per heavy atom. The van der Waals surface area contributed by atoms with Crippen LogP contribution >= 0.6 is 35.3 Å². The SMILES string of the molecule is CN=C(NCCCN(C)CCOC)N1CCN(c2cccs2)CC1.I. The summed E-state index contributed by atoms with van der Waals surface area (Å²) in [4.78, 5) is 11.6. The van der Waals surface area contributed by atoms with Gasteiger partial charge in [0.05, 0.1) is 11.6 Å². The van der Waals surface area contributed by atoms with Crippen LogP contribution < -0.4 is 10.2 Å². The van der Waals surface area contributed by atoms with E-state index in [4.69, 9.17) is 4.74 Å². The molecule has 1 aliphatic rings. The van der Waals surface area contributed by atoms with Gasteiger partial charge in [0.25, 0.3) is 0 Å². The molecule has 1 aliphatic heterocycles. The zero-order valence-corrected chi connectivity index (χ0v) is 18.8. The number of nitrogens with zero attached hydrogens (tertiary/aromatic N) is 4. The number of piperazine rings is 1. The van der Waals surface area contributed by atoms with E-state index in [1.54, 1.807) is 7.11 Å². The van der Waals surface area contributed by atoms with E-state index in [9.17, 15) is 0 Å². The Hall–Kier alpha value is -0.580. The van der Waals surface area contributed by atoms with Gasteiger partial charge in [-0.1, -0.05) is 0 Å². The second-order valence-electron chi connectivity index (χ2n) is 6.05. The first kappa shape index (κ1) is 22.5. The number of hydrogen-bond donors (Lipinski definition) is 1. The zero-order valence-electron chi connectivity index (χ0n) is 15.6. The number of guanidine groups is 1. The van der Waals surface area contributed by atoms with Crippen LogP contribution in [0.15, 0.2) is 22.5 Å². The maximum absolute atomic E-state index is 5.10. The predicted molar refractivity (Wildman–Crippen MR) is 119 cm³/mol. The Kier molecular flexibility index (Phi) is 11.4. The number of halogens is 1. The first-order valence-electron chi connectivity index (χ1n) is 8.66. The largest absolute Gasteiger partial charge is 0.383 e. The second kappa shape index (κ2) is 12.7. The van der Waals surface area contributed by atoms with Crippen LogP contribution in [-0.2, 0) is 4.74 Å². The summed E-state index contributed by atoms with van der Waals surface area (Å²) in [5.41, 5.74) is 0. The number of aliphatic imine (C=N–C) groups is 1. The van der Waals surface area contributed by atoms with Crippen LogP contribution in [0.1, 0.15) is 6.42 Å². The van der Waals surface area contributed by atoms with Crippen LogP contribution in [0.25, 0.3) is 0 Å². The van der Waals surface area contributed by atoms with Crippen molar-refractivity contribution in [2.45, 2.75) is 6.42 Å². The van der Waals surface area contributed by atoms with Gasteiger partial charge in [-0.25, -0.2) is 0 Å². The lowest BCUT2D eigenvalue weighted by Crippen LogP contribution is -2.52. The Labute approximate surface area is 173 Å². The maximum atomic E-state index is 5.10. The second-order valence-corrected chi connectivity index (χ2v) is 6.98. The van der Waals surface area contributed by atoms with Gasteiger partial charge >= 0.3 is 0 Å². The molecule has 0 atom stereocenters. The highest BCUT2D eigenvalue weighted by molar-refractivity contribution is 14.0. The standard InChI is InChI=1S/C17H31N5OS.HI/c1-18-17(19-7-5-8-20(2)13-14-23-3)22-11-9-21(10-12-22)16-6-4-15-24-16;/h4,6,15H,5,7-14H2,1-3H3,(H,18,19);1H. The molecule has 0 bridgehead atoms. The molecule has 0 aliphatic carbocycles. The lowest BCUT2D eigenvalue weighted by atomic mass is 10.3. The summed E-state index contributed by atoms with van der Waals surface area (Å²) in [6, 6.07) is 4.32. The number of anilines is 1. The van der Waals surface area contributed by atoms with Gasteiger partial charge in [-0.3, -0.25) is 4.99 Å². The molecule has 0 saturated carbocycles. The number of likely N-dealkylation sites (N-methyl/N-ethyl adjacent to an activating group) is 1. The van der Waals surface area contributed by atoms with Crippen LogP contribution in [0.2, 0.25) is 0 Å². The lowest BCUT2D eigenvalue weighted by molar-refractivity contribution is 0.161. The Bertz CT molecular complexity index is 477. The number of thiophene rings is 1. The first-order valence-corrected chi connectivity index (χ1v) is 9.54. The van der Waals surface area contributed by atoms with Gasteiger partial charge in [-0.05, 0) is 37.5 Å². The van der Waals surface area contributed by atoms with Gasteiger partial charge in [0.1, 0.15) is 0 Å². The Morgan fingerprint density at radius 1 is 1.32 bits per heavy atom. The molecule has 8 heteroatoms. The van der Waals surface area contributed by atoms with Crippen molar-refractivity contribution in [3.05, 3.63) is 17.5 Å². The number of hydrogen-bond acceptors (Lipinski definition) is 5. The molecule has 1 N–H and O–H groups in total. The fourth-order valence-electron chi connectivity index (χ4n) is 2.83. The summed E-state index contributed by atoms with van der Waals surface area (Å²) in [6.07, 6.45) is 1.11. The van der Waals surface area contributed by atoms with Crippen molar-refractivity contribution in [1.29, 1.82) is 0 Å². The van der Waals surface area contributed by atoms with Crippen LogP contribution in [0.4, 0.5) is 5.00 Å². The third-order valence-corrected chi connectivity index (χ3v) is 5.21. The quantitative estimate of drug-likeness (QED) is 0.267. The molecule has 2 rings (SSSR count). The van der Waals surface area contributed by atoms with E-state index < -0.39 is 0 Å². The van der Waals surface area contributed by atoms with Crippen molar-refractivity contribution < 1.29 is 4.74 Å². The molecule has 1 aromatic heterocycles. The average molecular weight is 481 g/mol. The third-order valence-electron chi connectivity index (χ3n) is 4.29. The van der Waals surface area contributed by atoms with Crippen LogP contribution in [0, 0.1) is 0 Å². The minimum Gasteiger partial charge on any atom is -0.383 e. The summed E-state index contributed by atoms with van der Waals surface area (Å²) >= 11 is 1.82. The molecule has 0 radical (unpaired) electrons. The molecular weight excluding hydrogens is 449 g/mol. The third kappa shape index (κ3) is 7.67. The smallest absolute Gasteiger partial charge is 0.193 e. The van der Waals surface area contributed by atoms with Crippen LogP contribution in [-0.4, -0.2) is 89.4 Å². The number of ether oxygens (including phenoxy) is 1. The monoisotopic (exact) mass is 481 g/mol. The molecule has 0 unspecified atom stereocenters. The molecular formula is C17H32IN5OS. The van der Waals surface area contributed by atoms with Gasteiger partial charge in [-0.15, -0.1) is 35.3 Å². The molecule has 1 aromatic rings. The first-order chi connectivity index (χ1) is 11.7. The van der Waals surface area contributed by atoms with Gasteiger partial charge in [0.2, 0.25) is 0 Å². The molecule has 0 aromatic carbocycles. The van der Waals surface area contributed by atoms with Gasteiger partial charge < -0.3 is 24.8 Å². The summed E-state index contributed by atoms with van der Waals surface area (Å²) in [5.74, 6) is 1.03. The van der Waals surface area contributed by atoms with Gasteiger partial charge in [-0.2, -0.15) is 0 Å². The average Bonchev–Trinajstić information content (AvgIpc) is 3.15. The lowest BCUT2D eigenvalue weighted by Gasteiger charge is -2.37. The summed E-state index contributed by atoms with van der Waals surface area (Å²) in [7, 11) is 5.76. The Morgan fingerprint density at radius 2 is 2.08 bits per heavy atom. The van der Waals surface area contributed by atoms with Crippen molar-refractivity contribution >= 4 is 46.3 Å². The van der Waals surface area contributed by atoms with Crippen molar-refractivity contribution in [3.8, 4) is 0 Å². The van der Waals surface area contributed by atoms with Crippen molar-refractivity contribution in [2.75, 3.05) is 78.5 Å². The molecule has 0 amide bonds. The highest BCUT2D eigenvalue weighted by Gasteiger charge is 2.19. The fourth-order valence-corrected chi connectivity index (χ4v) is 3.61. The minimum atomic E-state index is 0. The molecule has 0 spiro atoms. The van der Waals surface area contributed by atoms with E-state index in [-0.39, 0.29) is 24.0 Å². The number of nitrogens with one attached hydrogen (secondary N) is 1. The van der Waals surface area contributed by atoms with E-state index in [0.29, 0.717) is 0 Å². The predicted octanol–water partition coefficient (Wildman–Crippen LogP) is 2.03. The topological polar surface area (TPSA) is 43.3 Å². The van der Waals surface area contributed by atoms with Gasteiger partial charge in [0.15, 0.2) is 5.96 Å². The molecule has 144 valence electrons. The normalized spacial score (nSPS) is 15.4. The highest BCUT2D eigenvalue weighted by Crippen LogP contribution is 2.22. The molecule has 1 saturated heterocycles. The summed E-state index contributed by atoms with van der Waals surface area (Å²) < 4.78 is 5.10. The van der Waals surface area contributed by atoms with Gasteiger partial charge in [0, 0.05) is 53.4 Å². The van der Waals surface area contributed by atoms with E-state index in [1.807, 2.05) is 18.4 Å². The number of rotatable bonds is 8. The van der Waals surface area contributed by atoms with E-state index in [2.05, 4.69) is 49.6 Å². The van der Waals surface area contributed by atoms with E-state index in [1.165, 1.54) is 5.00 Å². The van der Waals surface area contributed by atoms with Crippen molar-refractivity contribution in [3.63, 3.8) is 0 Å².